The molecule has 4 N–H and O–H groups in total. The van der Waals surface area contributed by atoms with E-state index in [1.807, 2.05) is 6.92 Å². The summed E-state index contributed by atoms with van der Waals surface area (Å²) in [7, 11) is 0. The first-order valence-electron chi connectivity index (χ1n) is 6.83. The third-order valence-corrected chi connectivity index (χ3v) is 3.39. The second kappa shape index (κ2) is 5.62. The van der Waals surface area contributed by atoms with E-state index in [0.717, 1.165) is 12.8 Å². The number of aromatic nitrogens is 2. The van der Waals surface area contributed by atoms with Gasteiger partial charge in [-0.2, -0.15) is 5.10 Å². The maximum atomic E-state index is 11.9. The Morgan fingerprint density at radius 3 is 2.85 bits per heavy atom. The highest BCUT2D eigenvalue weighted by Gasteiger charge is 2.26. The summed E-state index contributed by atoms with van der Waals surface area (Å²) in [6, 6.07) is 0.333. The van der Waals surface area contributed by atoms with Gasteiger partial charge in [-0.1, -0.05) is 6.92 Å². The third kappa shape index (κ3) is 3.80. The number of hydrogen-bond donors (Lipinski definition) is 3. The molecule has 1 aliphatic carbocycles. The summed E-state index contributed by atoms with van der Waals surface area (Å²) in [4.78, 5) is 23.5. The first-order valence-corrected chi connectivity index (χ1v) is 6.83. The number of nitrogens with two attached hydrogens (primary N) is 1. The van der Waals surface area contributed by atoms with Crippen molar-refractivity contribution in [3.63, 3.8) is 0 Å². The standard InChI is InChI=1S/C13H21N5O2/c1-3-13(2,14)12(20)17-10-6-15-18(7-10)8-11(19)16-9-4-5-9/h6-7,9H,3-5,8,14H2,1-2H3,(H,16,19)(H,17,20). The summed E-state index contributed by atoms with van der Waals surface area (Å²) in [6.45, 7) is 3.68. The zero-order chi connectivity index (χ0) is 14.8. The van der Waals surface area contributed by atoms with E-state index >= 15 is 0 Å². The highest BCUT2D eigenvalue weighted by atomic mass is 16.2. The number of hydrogen-bond acceptors (Lipinski definition) is 4. The van der Waals surface area contributed by atoms with E-state index in [2.05, 4.69) is 15.7 Å². The van der Waals surface area contributed by atoms with Crippen molar-refractivity contribution in [2.75, 3.05) is 5.32 Å². The minimum Gasteiger partial charge on any atom is -0.352 e. The Hall–Kier alpha value is -1.89. The van der Waals surface area contributed by atoms with Gasteiger partial charge in [-0.3, -0.25) is 14.3 Å². The van der Waals surface area contributed by atoms with Gasteiger partial charge in [-0.15, -0.1) is 0 Å². The normalized spacial score (nSPS) is 17.4. The van der Waals surface area contributed by atoms with Gasteiger partial charge in [0.1, 0.15) is 6.54 Å². The molecule has 0 saturated heterocycles. The monoisotopic (exact) mass is 279 g/mol. The average Bonchev–Trinajstić information content (AvgIpc) is 3.09. The van der Waals surface area contributed by atoms with E-state index in [0.29, 0.717) is 18.2 Å². The maximum absolute atomic E-state index is 11.9. The topological polar surface area (TPSA) is 102 Å². The lowest BCUT2D eigenvalue weighted by Gasteiger charge is -2.20. The molecule has 1 atom stereocenters. The molecule has 1 aliphatic rings. The summed E-state index contributed by atoms with van der Waals surface area (Å²) in [5.41, 5.74) is 5.48. The molecular formula is C13H21N5O2. The minimum absolute atomic E-state index is 0.0642. The van der Waals surface area contributed by atoms with Crippen molar-refractivity contribution < 1.29 is 9.59 Å². The zero-order valence-corrected chi connectivity index (χ0v) is 11.8. The average molecular weight is 279 g/mol. The number of nitrogens with one attached hydrogen (secondary N) is 2. The van der Waals surface area contributed by atoms with Crippen molar-refractivity contribution in [1.82, 2.24) is 15.1 Å². The van der Waals surface area contributed by atoms with Gasteiger partial charge in [0.25, 0.3) is 0 Å². The van der Waals surface area contributed by atoms with Crippen LogP contribution < -0.4 is 16.4 Å². The van der Waals surface area contributed by atoms with Crippen LogP contribution >= 0.6 is 0 Å². The lowest BCUT2D eigenvalue weighted by atomic mass is 10.00. The number of rotatable bonds is 6. The lowest BCUT2D eigenvalue weighted by Crippen LogP contribution is -2.47. The van der Waals surface area contributed by atoms with Gasteiger partial charge >= 0.3 is 0 Å². The SMILES string of the molecule is CCC(C)(N)C(=O)Nc1cnn(CC(=O)NC2CC2)c1. The van der Waals surface area contributed by atoms with Crippen LogP contribution in [0.3, 0.4) is 0 Å². The van der Waals surface area contributed by atoms with Crippen LogP contribution in [0.2, 0.25) is 0 Å². The number of amides is 2. The van der Waals surface area contributed by atoms with E-state index < -0.39 is 5.54 Å². The van der Waals surface area contributed by atoms with Crippen LogP contribution in [0.1, 0.15) is 33.1 Å². The summed E-state index contributed by atoms with van der Waals surface area (Å²) < 4.78 is 1.49. The second-order valence-electron chi connectivity index (χ2n) is 5.49. The van der Waals surface area contributed by atoms with Crippen molar-refractivity contribution in [1.29, 1.82) is 0 Å². The van der Waals surface area contributed by atoms with Crippen LogP contribution in [0.15, 0.2) is 12.4 Å². The fourth-order valence-corrected chi connectivity index (χ4v) is 1.60. The molecule has 1 aromatic heterocycles. The van der Waals surface area contributed by atoms with Gasteiger partial charge in [-0.05, 0) is 26.2 Å². The molecule has 0 aliphatic heterocycles. The first-order chi connectivity index (χ1) is 9.40. The molecule has 0 radical (unpaired) electrons. The van der Waals surface area contributed by atoms with E-state index in [4.69, 9.17) is 5.73 Å². The minimum atomic E-state index is -0.911. The van der Waals surface area contributed by atoms with E-state index in [9.17, 15) is 9.59 Å². The van der Waals surface area contributed by atoms with E-state index in [-0.39, 0.29) is 18.4 Å². The Labute approximate surface area is 117 Å². The molecule has 1 heterocycles. The molecule has 1 unspecified atom stereocenters. The number of carbonyl (C=O) groups is 2. The van der Waals surface area contributed by atoms with Crippen LogP contribution in [0, 0.1) is 0 Å². The van der Waals surface area contributed by atoms with Gasteiger partial charge < -0.3 is 16.4 Å². The molecule has 7 nitrogen and oxygen atoms in total. The Balaban J connectivity index is 1.88. The fourth-order valence-electron chi connectivity index (χ4n) is 1.60. The second-order valence-corrected chi connectivity index (χ2v) is 5.49. The quantitative estimate of drug-likeness (QED) is 0.693. The molecule has 1 aromatic rings. The van der Waals surface area contributed by atoms with Gasteiger partial charge in [0.2, 0.25) is 11.8 Å². The molecule has 1 fully saturated rings. The van der Waals surface area contributed by atoms with Crippen molar-refractivity contribution in [2.45, 2.75) is 51.2 Å². The fraction of sp³-hybridized carbons (Fsp3) is 0.615. The Bertz CT molecular complexity index is 505. The van der Waals surface area contributed by atoms with Crippen molar-refractivity contribution >= 4 is 17.5 Å². The highest BCUT2D eigenvalue weighted by Crippen LogP contribution is 2.18. The third-order valence-electron chi connectivity index (χ3n) is 3.39. The van der Waals surface area contributed by atoms with Crippen LogP contribution in [0.5, 0.6) is 0 Å². The predicted octanol–water partition coefficient (Wildman–Crippen LogP) is 0.228. The van der Waals surface area contributed by atoms with Gasteiger partial charge in [0.15, 0.2) is 0 Å². The molecular weight excluding hydrogens is 258 g/mol. The zero-order valence-electron chi connectivity index (χ0n) is 11.8. The van der Waals surface area contributed by atoms with E-state index in [1.165, 1.54) is 10.9 Å². The van der Waals surface area contributed by atoms with Crippen LogP contribution in [0.4, 0.5) is 5.69 Å². The van der Waals surface area contributed by atoms with Crippen LogP contribution in [0.25, 0.3) is 0 Å². The molecule has 20 heavy (non-hydrogen) atoms. The van der Waals surface area contributed by atoms with Crippen LogP contribution in [-0.2, 0) is 16.1 Å². The molecule has 110 valence electrons. The smallest absolute Gasteiger partial charge is 0.244 e. The number of anilines is 1. The predicted molar refractivity (Wildman–Crippen MR) is 74.9 cm³/mol. The van der Waals surface area contributed by atoms with Crippen molar-refractivity contribution in [2.24, 2.45) is 5.73 Å². The molecule has 0 bridgehead atoms. The largest absolute Gasteiger partial charge is 0.352 e. The van der Waals surface area contributed by atoms with Gasteiger partial charge in [0.05, 0.1) is 17.4 Å². The lowest BCUT2D eigenvalue weighted by molar-refractivity contribution is -0.122. The van der Waals surface area contributed by atoms with Gasteiger partial charge in [0, 0.05) is 12.2 Å². The molecule has 1 saturated carbocycles. The van der Waals surface area contributed by atoms with Crippen molar-refractivity contribution in [3.8, 4) is 0 Å². The summed E-state index contributed by atoms with van der Waals surface area (Å²) in [5, 5.41) is 9.62. The van der Waals surface area contributed by atoms with Gasteiger partial charge in [-0.25, -0.2) is 0 Å². The molecule has 2 amide bonds. The number of nitrogens with zero attached hydrogens (tertiary/aromatic N) is 2. The summed E-state index contributed by atoms with van der Waals surface area (Å²) >= 11 is 0. The molecule has 0 spiro atoms. The highest BCUT2D eigenvalue weighted by molar-refractivity contribution is 5.97. The van der Waals surface area contributed by atoms with Crippen LogP contribution in [-0.4, -0.2) is 33.2 Å². The Morgan fingerprint density at radius 2 is 2.25 bits per heavy atom. The first kappa shape index (κ1) is 14.5. The van der Waals surface area contributed by atoms with E-state index in [1.54, 1.807) is 13.1 Å². The Morgan fingerprint density at radius 1 is 1.55 bits per heavy atom. The summed E-state index contributed by atoms with van der Waals surface area (Å²) in [5.74, 6) is -0.326. The molecule has 2 rings (SSSR count). The summed E-state index contributed by atoms with van der Waals surface area (Å²) in [6.07, 6.45) is 5.78. The number of carbonyl (C=O) groups excluding carboxylic acids is 2. The maximum Gasteiger partial charge on any atom is 0.244 e. The Kier molecular flexibility index (Phi) is 4.08. The molecule has 7 heteroatoms. The molecule has 0 aromatic carbocycles. The van der Waals surface area contributed by atoms with Crippen molar-refractivity contribution in [3.05, 3.63) is 12.4 Å².